The molecule has 1 aromatic carbocycles. The Kier molecular flexibility index (Phi) is 6.08. The zero-order valence-corrected chi connectivity index (χ0v) is 13.4. The lowest BCUT2D eigenvalue weighted by atomic mass is 10.2. The Bertz CT molecular complexity index is 729. The number of carbonyl (C=O) groups excluding carboxylic acids is 2. The van der Waals surface area contributed by atoms with Crippen LogP contribution in [0.2, 0.25) is 0 Å². The van der Waals surface area contributed by atoms with E-state index in [2.05, 4.69) is 4.98 Å². The highest BCUT2D eigenvalue weighted by molar-refractivity contribution is 5.90. The van der Waals surface area contributed by atoms with Crippen LogP contribution in [0.1, 0.15) is 11.1 Å². The zero-order valence-electron chi connectivity index (χ0n) is 13.4. The van der Waals surface area contributed by atoms with Gasteiger partial charge in [-0.1, -0.05) is 24.3 Å². The molecule has 0 aliphatic heterocycles. The Morgan fingerprint density at radius 2 is 2.04 bits per heavy atom. The summed E-state index contributed by atoms with van der Waals surface area (Å²) in [5, 5.41) is 0. The molecule has 2 N–H and O–H groups in total. The van der Waals surface area contributed by atoms with E-state index in [1.807, 2.05) is 18.2 Å². The molecule has 2 aromatic rings. The first-order valence-corrected chi connectivity index (χ1v) is 7.38. The van der Waals surface area contributed by atoms with Crippen molar-refractivity contribution in [2.24, 2.45) is 5.73 Å². The Balaban J connectivity index is 1.95. The maximum atomic E-state index is 12.2. The van der Waals surface area contributed by atoms with Gasteiger partial charge in [-0.15, -0.1) is 0 Å². The summed E-state index contributed by atoms with van der Waals surface area (Å²) in [7, 11) is 1.71. The second kappa shape index (κ2) is 8.47. The fourth-order valence-corrected chi connectivity index (χ4v) is 2.02. The van der Waals surface area contributed by atoms with Gasteiger partial charge in [-0.2, -0.15) is 0 Å². The number of pyridine rings is 1. The minimum atomic E-state index is -0.544. The van der Waals surface area contributed by atoms with Crippen LogP contribution in [0.15, 0.2) is 54.9 Å². The van der Waals surface area contributed by atoms with Crippen LogP contribution >= 0.6 is 0 Å². The van der Waals surface area contributed by atoms with Gasteiger partial charge in [-0.05, 0) is 23.8 Å². The molecule has 0 aliphatic rings. The van der Waals surface area contributed by atoms with Crippen molar-refractivity contribution >= 4 is 17.9 Å². The van der Waals surface area contributed by atoms with Gasteiger partial charge < -0.3 is 15.4 Å². The number of para-hydroxylation sites is 1. The van der Waals surface area contributed by atoms with Crippen molar-refractivity contribution in [1.82, 2.24) is 9.88 Å². The van der Waals surface area contributed by atoms with E-state index in [1.54, 1.807) is 48.6 Å². The molecule has 24 heavy (non-hydrogen) atoms. The average Bonchev–Trinajstić information content (AvgIpc) is 2.59. The van der Waals surface area contributed by atoms with E-state index < -0.39 is 5.91 Å². The summed E-state index contributed by atoms with van der Waals surface area (Å²) in [5.41, 5.74) is 6.72. The number of nitrogens with two attached hydrogens (primary N) is 1. The molecule has 124 valence electrons. The van der Waals surface area contributed by atoms with Crippen molar-refractivity contribution < 1.29 is 14.3 Å². The zero-order chi connectivity index (χ0) is 17.4. The Labute approximate surface area is 140 Å². The summed E-state index contributed by atoms with van der Waals surface area (Å²) < 4.78 is 5.58. The number of likely N-dealkylation sites (N-methyl/N-ethyl adjacent to an activating group) is 1. The van der Waals surface area contributed by atoms with E-state index in [-0.39, 0.29) is 12.5 Å². The summed E-state index contributed by atoms with van der Waals surface area (Å²) in [6, 6.07) is 10.8. The van der Waals surface area contributed by atoms with Gasteiger partial charge in [0.2, 0.25) is 5.91 Å². The van der Waals surface area contributed by atoms with Crippen molar-refractivity contribution in [1.29, 1.82) is 0 Å². The third-order valence-corrected chi connectivity index (χ3v) is 3.27. The lowest BCUT2D eigenvalue weighted by Gasteiger charge is -2.18. The van der Waals surface area contributed by atoms with Crippen LogP contribution in [0.25, 0.3) is 6.08 Å². The topological polar surface area (TPSA) is 85.5 Å². The van der Waals surface area contributed by atoms with E-state index in [4.69, 9.17) is 10.5 Å². The molecule has 0 spiro atoms. The molecule has 0 bridgehead atoms. The minimum absolute atomic E-state index is 0.0990. The molecule has 0 fully saturated rings. The van der Waals surface area contributed by atoms with Crippen LogP contribution in [-0.2, 0) is 16.1 Å². The fraction of sp³-hybridized carbons (Fsp3) is 0.167. The van der Waals surface area contributed by atoms with Crippen LogP contribution in [0.5, 0.6) is 5.75 Å². The van der Waals surface area contributed by atoms with Crippen LogP contribution in [0.3, 0.4) is 0 Å². The predicted octanol–water partition coefficient (Wildman–Crippen LogP) is 1.62. The Morgan fingerprint density at radius 3 is 2.75 bits per heavy atom. The molecule has 1 aromatic heterocycles. The van der Waals surface area contributed by atoms with Gasteiger partial charge in [-0.25, -0.2) is 0 Å². The maximum Gasteiger partial charge on any atom is 0.260 e. The van der Waals surface area contributed by atoms with Crippen molar-refractivity contribution in [3.8, 4) is 5.75 Å². The number of hydrogen-bond donors (Lipinski definition) is 1. The first-order chi connectivity index (χ1) is 11.6. The molecule has 1 heterocycles. The van der Waals surface area contributed by atoms with Crippen LogP contribution < -0.4 is 10.5 Å². The van der Waals surface area contributed by atoms with E-state index in [0.29, 0.717) is 17.9 Å². The number of aromatic nitrogens is 1. The predicted molar refractivity (Wildman–Crippen MR) is 90.9 cm³/mol. The molecular formula is C18H19N3O3. The molecule has 0 saturated heterocycles. The SMILES string of the molecule is CN(Cc1cccnc1)C(=O)COc1ccccc1/C=C/C(N)=O. The van der Waals surface area contributed by atoms with Crippen LogP contribution in [-0.4, -0.2) is 35.4 Å². The molecular weight excluding hydrogens is 306 g/mol. The number of rotatable bonds is 7. The second-order valence-electron chi connectivity index (χ2n) is 5.17. The fourth-order valence-electron chi connectivity index (χ4n) is 2.02. The quantitative estimate of drug-likeness (QED) is 0.784. The van der Waals surface area contributed by atoms with E-state index in [1.165, 1.54) is 6.08 Å². The van der Waals surface area contributed by atoms with E-state index in [0.717, 1.165) is 5.56 Å². The number of amides is 2. The van der Waals surface area contributed by atoms with Crippen LogP contribution in [0, 0.1) is 0 Å². The summed E-state index contributed by atoms with van der Waals surface area (Å²) in [5.74, 6) is -0.192. The van der Waals surface area contributed by atoms with Gasteiger partial charge >= 0.3 is 0 Å². The normalized spacial score (nSPS) is 10.5. The first-order valence-electron chi connectivity index (χ1n) is 7.38. The molecule has 0 radical (unpaired) electrons. The number of primary amides is 1. The summed E-state index contributed by atoms with van der Waals surface area (Å²) in [4.78, 5) is 28.6. The Morgan fingerprint density at radius 1 is 1.25 bits per heavy atom. The van der Waals surface area contributed by atoms with E-state index >= 15 is 0 Å². The van der Waals surface area contributed by atoms with Gasteiger partial charge in [0.05, 0.1) is 0 Å². The minimum Gasteiger partial charge on any atom is -0.483 e. The summed E-state index contributed by atoms with van der Waals surface area (Å²) >= 11 is 0. The van der Waals surface area contributed by atoms with E-state index in [9.17, 15) is 9.59 Å². The third kappa shape index (κ3) is 5.24. The highest BCUT2D eigenvalue weighted by Gasteiger charge is 2.11. The Hall–Kier alpha value is -3.15. The smallest absolute Gasteiger partial charge is 0.260 e. The van der Waals surface area contributed by atoms with Crippen molar-refractivity contribution in [2.75, 3.05) is 13.7 Å². The lowest BCUT2D eigenvalue weighted by molar-refractivity contribution is -0.132. The summed E-state index contributed by atoms with van der Waals surface area (Å²) in [6.07, 6.45) is 6.21. The molecule has 0 aliphatic carbocycles. The monoisotopic (exact) mass is 325 g/mol. The largest absolute Gasteiger partial charge is 0.483 e. The van der Waals surface area contributed by atoms with Gasteiger partial charge in [0.15, 0.2) is 6.61 Å². The molecule has 0 saturated carbocycles. The lowest BCUT2D eigenvalue weighted by Crippen LogP contribution is -2.31. The molecule has 6 nitrogen and oxygen atoms in total. The average molecular weight is 325 g/mol. The molecule has 6 heteroatoms. The van der Waals surface area contributed by atoms with Crippen LogP contribution in [0.4, 0.5) is 0 Å². The van der Waals surface area contributed by atoms with Gasteiger partial charge in [0.25, 0.3) is 5.91 Å². The highest BCUT2D eigenvalue weighted by Crippen LogP contribution is 2.19. The number of ether oxygens (including phenoxy) is 1. The standard InChI is InChI=1S/C18H19N3O3/c1-21(12-14-5-4-10-20-11-14)18(23)13-24-16-7-3-2-6-15(16)8-9-17(19)22/h2-11H,12-13H2,1H3,(H2,19,22)/b9-8+. The van der Waals surface area contributed by atoms with Crippen molar-refractivity contribution in [2.45, 2.75) is 6.54 Å². The van der Waals surface area contributed by atoms with Gasteiger partial charge in [0.1, 0.15) is 5.75 Å². The molecule has 0 unspecified atom stereocenters. The maximum absolute atomic E-state index is 12.2. The number of hydrogen-bond acceptors (Lipinski definition) is 4. The van der Waals surface area contributed by atoms with Gasteiger partial charge in [-0.3, -0.25) is 14.6 Å². The van der Waals surface area contributed by atoms with Gasteiger partial charge in [0, 0.05) is 37.6 Å². The number of benzene rings is 1. The second-order valence-corrected chi connectivity index (χ2v) is 5.17. The van der Waals surface area contributed by atoms with Crippen molar-refractivity contribution in [3.63, 3.8) is 0 Å². The molecule has 0 atom stereocenters. The summed E-state index contributed by atoms with van der Waals surface area (Å²) in [6.45, 7) is 0.359. The third-order valence-electron chi connectivity index (χ3n) is 3.27. The van der Waals surface area contributed by atoms with Crippen molar-refractivity contribution in [3.05, 3.63) is 66.0 Å². The molecule has 2 rings (SSSR count). The number of nitrogens with zero attached hydrogens (tertiary/aromatic N) is 2. The number of carbonyl (C=O) groups is 2. The first kappa shape index (κ1) is 17.2. The highest BCUT2D eigenvalue weighted by atomic mass is 16.5. The molecule has 2 amide bonds.